The number of pyridine rings is 1. The SMILES string of the molecule is O=C(N[C@@H](CO)C(=O)O)c1ccc(F)cn1. The van der Waals surface area contributed by atoms with Crippen LogP contribution in [0.3, 0.4) is 0 Å². The molecule has 1 aromatic heterocycles. The maximum Gasteiger partial charge on any atom is 0.328 e. The van der Waals surface area contributed by atoms with E-state index in [1.165, 1.54) is 0 Å². The Morgan fingerprint density at radius 2 is 2.19 bits per heavy atom. The van der Waals surface area contributed by atoms with Gasteiger partial charge in [0, 0.05) is 0 Å². The molecule has 7 heteroatoms. The Balaban J connectivity index is 2.71. The van der Waals surface area contributed by atoms with Crippen molar-refractivity contribution in [1.29, 1.82) is 0 Å². The van der Waals surface area contributed by atoms with E-state index in [1.54, 1.807) is 0 Å². The Labute approximate surface area is 89.7 Å². The van der Waals surface area contributed by atoms with Gasteiger partial charge in [-0.05, 0) is 12.1 Å². The second kappa shape index (κ2) is 5.17. The molecule has 0 bridgehead atoms. The van der Waals surface area contributed by atoms with E-state index in [9.17, 15) is 14.0 Å². The minimum absolute atomic E-state index is 0.124. The standard InChI is InChI=1S/C9H9FN2O4/c10-5-1-2-6(11-3-5)8(14)12-7(4-13)9(15)16/h1-3,7,13H,4H2,(H,12,14)(H,15,16)/t7-/m0/s1. The first-order valence-electron chi connectivity index (χ1n) is 4.30. The van der Waals surface area contributed by atoms with Crippen LogP contribution in [0.5, 0.6) is 0 Å². The highest BCUT2D eigenvalue weighted by Crippen LogP contribution is 1.98. The first-order valence-corrected chi connectivity index (χ1v) is 4.30. The van der Waals surface area contributed by atoms with Crippen molar-refractivity contribution in [2.24, 2.45) is 0 Å². The molecule has 1 aromatic rings. The molecule has 1 amide bonds. The molecule has 0 unspecified atom stereocenters. The lowest BCUT2D eigenvalue weighted by Crippen LogP contribution is -2.43. The highest BCUT2D eigenvalue weighted by molar-refractivity contribution is 5.94. The Kier molecular flexibility index (Phi) is 3.90. The molecule has 3 N–H and O–H groups in total. The maximum absolute atomic E-state index is 12.5. The lowest BCUT2D eigenvalue weighted by Gasteiger charge is -2.10. The third kappa shape index (κ3) is 2.99. The van der Waals surface area contributed by atoms with Crippen LogP contribution in [0.4, 0.5) is 4.39 Å². The van der Waals surface area contributed by atoms with Crippen molar-refractivity contribution in [1.82, 2.24) is 10.3 Å². The van der Waals surface area contributed by atoms with Gasteiger partial charge in [0.1, 0.15) is 11.5 Å². The highest BCUT2D eigenvalue weighted by atomic mass is 19.1. The quantitative estimate of drug-likeness (QED) is 0.638. The average molecular weight is 228 g/mol. The fraction of sp³-hybridized carbons (Fsp3) is 0.222. The lowest BCUT2D eigenvalue weighted by molar-refractivity contribution is -0.140. The molecule has 0 aromatic carbocycles. The Morgan fingerprint density at radius 1 is 1.50 bits per heavy atom. The van der Waals surface area contributed by atoms with Crippen LogP contribution in [0.2, 0.25) is 0 Å². The van der Waals surface area contributed by atoms with E-state index in [1.807, 2.05) is 5.32 Å². The number of aliphatic hydroxyl groups is 1. The van der Waals surface area contributed by atoms with E-state index in [2.05, 4.69) is 4.98 Å². The molecule has 0 saturated heterocycles. The number of hydrogen-bond acceptors (Lipinski definition) is 4. The number of aromatic nitrogens is 1. The number of nitrogens with one attached hydrogen (secondary N) is 1. The lowest BCUT2D eigenvalue weighted by atomic mass is 10.3. The van der Waals surface area contributed by atoms with E-state index in [0.29, 0.717) is 0 Å². The summed E-state index contributed by atoms with van der Waals surface area (Å²) in [5.41, 5.74) is -0.124. The topological polar surface area (TPSA) is 99.5 Å². The summed E-state index contributed by atoms with van der Waals surface area (Å²) in [6.07, 6.45) is 0.837. The molecule has 0 aliphatic heterocycles. The van der Waals surface area contributed by atoms with Crippen molar-refractivity contribution in [3.05, 3.63) is 29.8 Å². The van der Waals surface area contributed by atoms with Crippen molar-refractivity contribution >= 4 is 11.9 Å². The van der Waals surface area contributed by atoms with E-state index >= 15 is 0 Å². The number of aliphatic carboxylic acids is 1. The van der Waals surface area contributed by atoms with E-state index in [-0.39, 0.29) is 5.69 Å². The predicted molar refractivity (Wildman–Crippen MR) is 50.2 cm³/mol. The van der Waals surface area contributed by atoms with Gasteiger partial charge in [0.15, 0.2) is 6.04 Å². The summed E-state index contributed by atoms with van der Waals surface area (Å²) < 4.78 is 12.5. The summed E-state index contributed by atoms with van der Waals surface area (Å²) in [6, 6.07) is 0.733. The number of amides is 1. The summed E-state index contributed by atoms with van der Waals surface area (Å²) in [5.74, 6) is -2.76. The van der Waals surface area contributed by atoms with E-state index < -0.39 is 30.3 Å². The van der Waals surface area contributed by atoms with Gasteiger partial charge in [0.2, 0.25) is 0 Å². The molecule has 0 radical (unpaired) electrons. The van der Waals surface area contributed by atoms with Crippen LogP contribution in [-0.2, 0) is 4.79 Å². The van der Waals surface area contributed by atoms with Gasteiger partial charge in [-0.1, -0.05) is 0 Å². The molecule has 0 aliphatic carbocycles. The predicted octanol–water partition coefficient (Wildman–Crippen LogP) is -0.604. The van der Waals surface area contributed by atoms with Gasteiger partial charge < -0.3 is 15.5 Å². The maximum atomic E-state index is 12.5. The van der Waals surface area contributed by atoms with Crippen LogP contribution < -0.4 is 5.32 Å². The van der Waals surface area contributed by atoms with Crippen LogP contribution >= 0.6 is 0 Å². The third-order valence-corrected chi connectivity index (χ3v) is 1.75. The zero-order valence-electron chi connectivity index (χ0n) is 8.05. The zero-order chi connectivity index (χ0) is 12.1. The minimum Gasteiger partial charge on any atom is -0.480 e. The van der Waals surface area contributed by atoms with Crippen LogP contribution in [-0.4, -0.2) is 39.7 Å². The minimum atomic E-state index is -1.40. The molecule has 6 nitrogen and oxygen atoms in total. The van der Waals surface area contributed by atoms with Crippen molar-refractivity contribution < 1.29 is 24.2 Å². The van der Waals surface area contributed by atoms with Gasteiger partial charge in [0.25, 0.3) is 5.91 Å². The zero-order valence-corrected chi connectivity index (χ0v) is 8.05. The molecule has 1 rings (SSSR count). The number of nitrogens with zero attached hydrogens (tertiary/aromatic N) is 1. The van der Waals surface area contributed by atoms with Crippen LogP contribution in [0.1, 0.15) is 10.5 Å². The molecule has 0 fully saturated rings. The molecule has 86 valence electrons. The largest absolute Gasteiger partial charge is 0.480 e. The normalized spacial score (nSPS) is 11.9. The number of carboxylic acid groups (broad SMARTS) is 1. The first-order chi connectivity index (χ1) is 7.54. The van der Waals surface area contributed by atoms with Crippen LogP contribution in [0.25, 0.3) is 0 Å². The van der Waals surface area contributed by atoms with E-state index in [0.717, 1.165) is 18.3 Å². The smallest absolute Gasteiger partial charge is 0.328 e. The van der Waals surface area contributed by atoms with Gasteiger partial charge in [-0.25, -0.2) is 14.2 Å². The molecule has 1 heterocycles. The summed E-state index contributed by atoms with van der Waals surface area (Å²) in [5, 5.41) is 19.2. The monoisotopic (exact) mass is 228 g/mol. The van der Waals surface area contributed by atoms with Crippen molar-refractivity contribution in [3.8, 4) is 0 Å². The molecule has 1 atom stereocenters. The number of rotatable bonds is 4. The highest BCUT2D eigenvalue weighted by Gasteiger charge is 2.19. The van der Waals surface area contributed by atoms with Crippen molar-refractivity contribution in [2.45, 2.75) is 6.04 Å². The molecular formula is C9H9FN2O4. The number of carbonyl (C=O) groups excluding carboxylic acids is 1. The Morgan fingerprint density at radius 3 is 2.62 bits per heavy atom. The number of aliphatic hydroxyl groups excluding tert-OH is 1. The molecule has 16 heavy (non-hydrogen) atoms. The van der Waals surface area contributed by atoms with E-state index in [4.69, 9.17) is 10.2 Å². The van der Waals surface area contributed by atoms with Crippen molar-refractivity contribution in [3.63, 3.8) is 0 Å². The number of carbonyl (C=O) groups is 2. The summed E-state index contributed by atoms with van der Waals surface area (Å²) >= 11 is 0. The second-order valence-electron chi connectivity index (χ2n) is 2.91. The third-order valence-electron chi connectivity index (χ3n) is 1.75. The van der Waals surface area contributed by atoms with Gasteiger partial charge >= 0.3 is 5.97 Å². The number of hydrogen-bond donors (Lipinski definition) is 3. The molecule has 0 spiro atoms. The number of halogens is 1. The Hall–Kier alpha value is -2.02. The molecule has 0 aliphatic rings. The first kappa shape index (κ1) is 12.1. The summed E-state index contributed by atoms with van der Waals surface area (Å²) in [7, 11) is 0. The van der Waals surface area contributed by atoms with Crippen LogP contribution in [0, 0.1) is 5.82 Å². The second-order valence-corrected chi connectivity index (χ2v) is 2.91. The molecular weight excluding hydrogens is 219 g/mol. The van der Waals surface area contributed by atoms with Gasteiger partial charge in [0.05, 0.1) is 12.8 Å². The fourth-order valence-electron chi connectivity index (χ4n) is 0.928. The van der Waals surface area contributed by atoms with Gasteiger partial charge in [-0.3, -0.25) is 4.79 Å². The summed E-state index contributed by atoms with van der Waals surface area (Å²) in [4.78, 5) is 25.3. The van der Waals surface area contributed by atoms with Gasteiger partial charge in [-0.2, -0.15) is 0 Å². The molecule has 0 saturated carbocycles. The fourth-order valence-corrected chi connectivity index (χ4v) is 0.928. The van der Waals surface area contributed by atoms with Gasteiger partial charge in [-0.15, -0.1) is 0 Å². The summed E-state index contributed by atoms with van der Waals surface area (Å²) in [6.45, 7) is -0.734. The van der Waals surface area contributed by atoms with Crippen LogP contribution in [0.15, 0.2) is 18.3 Å². The Bertz CT molecular complexity index is 393. The van der Waals surface area contributed by atoms with Crippen molar-refractivity contribution in [2.75, 3.05) is 6.61 Å². The number of carboxylic acids is 1. The average Bonchev–Trinajstić information content (AvgIpc) is 2.26.